The molecule has 0 radical (unpaired) electrons. The Morgan fingerprint density at radius 3 is 2.71 bits per heavy atom. The molecule has 5 heteroatoms. The van der Waals surface area contributed by atoms with Crippen LogP contribution in [0.25, 0.3) is 5.82 Å². The monoisotopic (exact) mass is 301 g/mol. The van der Waals surface area contributed by atoms with E-state index in [2.05, 4.69) is 29.9 Å². The molecule has 2 aromatic heterocycles. The van der Waals surface area contributed by atoms with Gasteiger partial charge in [0, 0.05) is 12.5 Å². The Labute approximate surface area is 99.6 Å². The molecule has 0 unspecified atom stereocenters. The summed E-state index contributed by atoms with van der Waals surface area (Å²) in [5.74, 6) is 0.845. The Morgan fingerprint density at radius 1 is 1.43 bits per heavy atom. The van der Waals surface area contributed by atoms with Gasteiger partial charge in [-0.25, -0.2) is 0 Å². The predicted molar refractivity (Wildman–Crippen MR) is 53.9 cm³/mol. The zero-order valence-corrected chi connectivity index (χ0v) is 12.4. The Hall–Kier alpha value is -0.537. The first kappa shape index (κ1) is 11.5. The summed E-state index contributed by atoms with van der Waals surface area (Å²) in [6.45, 7) is 1.93. The number of hydrogen-bond acceptors (Lipinski definition) is 2. The summed E-state index contributed by atoms with van der Waals surface area (Å²) in [5, 5.41) is 0. The normalized spacial score (nSPS) is 9.14. The maximum absolute atomic E-state index is 4.15. The molecule has 0 aliphatic heterocycles. The summed E-state index contributed by atoms with van der Waals surface area (Å²) < 4.78 is 1.77. The molecule has 68 valence electrons. The van der Waals surface area contributed by atoms with Gasteiger partial charge in [0.05, 0.1) is 5.82 Å². The number of aromatic nitrogens is 3. The number of halogens is 1. The zero-order valence-electron chi connectivity index (χ0n) is 7.81. The van der Waals surface area contributed by atoms with Gasteiger partial charge in [0.2, 0.25) is 0 Å². The minimum atomic E-state index is 0.845. The molecule has 2 aromatic rings. The fourth-order valence-electron chi connectivity index (χ4n) is 0.991. The van der Waals surface area contributed by atoms with Crippen molar-refractivity contribution < 1.29 is 16.3 Å². The molecule has 0 fully saturated rings. The van der Waals surface area contributed by atoms with Gasteiger partial charge in [-0.15, -0.1) is 0 Å². The molecule has 0 atom stereocenters. The van der Waals surface area contributed by atoms with E-state index in [-0.39, 0.29) is 0 Å². The number of rotatable bonds is 1. The molecule has 0 saturated heterocycles. The Balaban J connectivity index is 0.000000461. The van der Waals surface area contributed by atoms with Crippen molar-refractivity contribution in [1.29, 1.82) is 0 Å². The second-order valence-electron chi connectivity index (χ2n) is 2.54. The molecule has 14 heavy (non-hydrogen) atoms. The molecular formula is C9H8BrN3Zn. The Kier molecular flexibility index (Phi) is 4.98. The molecule has 0 amide bonds. The van der Waals surface area contributed by atoms with Gasteiger partial charge in [-0.05, 0) is 6.07 Å². The molecular weight excluding hydrogens is 295 g/mol. The first-order valence-electron chi connectivity index (χ1n) is 3.98. The summed E-state index contributed by atoms with van der Waals surface area (Å²) in [4.78, 5) is 8.14. The summed E-state index contributed by atoms with van der Waals surface area (Å²) in [6.07, 6.45) is 6.47. The molecule has 2 heterocycles. The van der Waals surface area contributed by atoms with Gasteiger partial charge in [0.15, 0.2) is 0 Å². The van der Waals surface area contributed by atoms with Crippen LogP contribution in [0.2, 0.25) is 0 Å². The van der Waals surface area contributed by atoms with E-state index in [9.17, 15) is 0 Å². The number of aryl methyl sites for hydroxylation is 1. The zero-order chi connectivity index (χ0) is 10.4. The molecule has 0 bridgehead atoms. The van der Waals surface area contributed by atoms with Crippen molar-refractivity contribution in [3.05, 3.63) is 42.6 Å². The van der Waals surface area contributed by atoms with Gasteiger partial charge in [-0.3, -0.25) is 4.98 Å². The quantitative estimate of drug-likeness (QED) is 0.597. The Morgan fingerprint density at radius 2 is 2.21 bits per heavy atom. The van der Waals surface area contributed by atoms with Crippen LogP contribution in [0.5, 0.6) is 0 Å². The van der Waals surface area contributed by atoms with Crippen molar-refractivity contribution >= 4 is 13.6 Å². The van der Waals surface area contributed by atoms with Crippen LogP contribution in [0.1, 0.15) is 5.69 Å². The van der Waals surface area contributed by atoms with Crippen molar-refractivity contribution in [1.82, 2.24) is 14.5 Å². The standard InChI is InChI=1S/C9H8N3.BrH.Zn/c1-8-6-12(7-11-8)9-4-2-3-5-10-9;;/h2-6H,1H3;1H;/q-1;;+2/p-1. The molecule has 0 spiro atoms. The van der Waals surface area contributed by atoms with Crippen LogP contribution in [0.15, 0.2) is 30.6 Å². The average Bonchev–Trinajstić information content (AvgIpc) is 2.69. The summed E-state index contributed by atoms with van der Waals surface area (Å²) in [5.41, 5.74) is 0.945. The van der Waals surface area contributed by atoms with Gasteiger partial charge in [-0.2, -0.15) is 0 Å². The van der Waals surface area contributed by atoms with E-state index in [1.807, 2.05) is 31.3 Å². The fraction of sp³-hybridized carbons (Fsp3) is 0.111. The number of pyridine rings is 1. The first-order chi connectivity index (χ1) is 6.86. The van der Waals surface area contributed by atoms with E-state index in [1.54, 1.807) is 10.8 Å². The number of imidazole rings is 1. The van der Waals surface area contributed by atoms with E-state index in [0.717, 1.165) is 11.5 Å². The van der Waals surface area contributed by atoms with Crippen molar-refractivity contribution in [3.63, 3.8) is 0 Å². The van der Waals surface area contributed by atoms with Crippen LogP contribution in [0, 0.1) is 13.3 Å². The number of hydrogen-bond donors (Lipinski definition) is 0. The maximum atomic E-state index is 4.15. The van der Waals surface area contributed by atoms with E-state index in [4.69, 9.17) is 0 Å². The van der Waals surface area contributed by atoms with Crippen molar-refractivity contribution in [3.8, 4) is 5.82 Å². The van der Waals surface area contributed by atoms with E-state index < -0.39 is 0 Å². The molecule has 3 nitrogen and oxygen atoms in total. The molecule has 0 aromatic carbocycles. The van der Waals surface area contributed by atoms with Crippen molar-refractivity contribution in [2.45, 2.75) is 6.92 Å². The molecule has 0 N–H and O–H groups in total. The van der Waals surface area contributed by atoms with Crippen LogP contribution < -0.4 is 0 Å². The van der Waals surface area contributed by atoms with Gasteiger partial charge >= 0.3 is 30.0 Å². The van der Waals surface area contributed by atoms with Gasteiger partial charge in [0.25, 0.3) is 0 Å². The van der Waals surface area contributed by atoms with Crippen LogP contribution in [-0.4, -0.2) is 14.5 Å². The van der Waals surface area contributed by atoms with Gasteiger partial charge in [-0.1, -0.05) is 30.9 Å². The van der Waals surface area contributed by atoms with Crippen LogP contribution in [0.3, 0.4) is 0 Å². The van der Waals surface area contributed by atoms with Crippen LogP contribution in [0.4, 0.5) is 0 Å². The average molecular weight is 303 g/mol. The van der Waals surface area contributed by atoms with Crippen LogP contribution in [-0.2, 0) is 16.3 Å². The third-order valence-corrected chi connectivity index (χ3v) is 1.55. The second-order valence-corrected chi connectivity index (χ2v) is 2.54. The summed E-state index contributed by atoms with van der Waals surface area (Å²) >= 11 is 4.25. The predicted octanol–water partition coefficient (Wildman–Crippen LogP) is 2.22. The van der Waals surface area contributed by atoms with E-state index >= 15 is 0 Å². The molecule has 0 saturated carbocycles. The summed E-state index contributed by atoms with van der Waals surface area (Å²) in [7, 11) is 0. The first-order valence-corrected chi connectivity index (χ1v) is 10.9. The topological polar surface area (TPSA) is 30.7 Å². The van der Waals surface area contributed by atoms with Crippen molar-refractivity contribution in [2.24, 2.45) is 0 Å². The second kappa shape index (κ2) is 6.04. The van der Waals surface area contributed by atoms with Gasteiger partial charge in [0.1, 0.15) is 0 Å². The number of nitrogens with zero attached hydrogens (tertiary/aromatic N) is 3. The Bertz CT molecular complexity index is 375. The molecule has 2 rings (SSSR count). The fourth-order valence-corrected chi connectivity index (χ4v) is 0.991. The third kappa shape index (κ3) is 3.00. The van der Waals surface area contributed by atoms with E-state index in [1.165, 1.54) is 16.3 Å². The minimum absolute atomic E-state index is 0.845. The molecule has 0 aliphatic carbocycles. The van der Waals surface area contributed by atoms with Crippen molar-refractivity contribution in [2.75, 3.05) is 0 Å². The van der Waals surface area contributed by atoms with Crippen LogP contribution >= 0.6 is 13.6 Å². The van der Waals surface area contributed by atoms with Gasteiger partial charge < -0.3 is 9.55 Å². The third-order valence-electron chi connectivity index (χ3n) is 1.55. The summed E-state index contributed by atoms with van der Waals surface area (Å²) in [6, 6.07) is 5.73. The SMILES string of the molecule is Cc1cn(-c2ccccn2)[c-]n1.[Zn+][Br]. The molecule has 0 aliphatic rings. The van der Waals surface area contributed by atoms with E-state index in [0.29, 0.717) is 0 Å².